The number of hydrogen-bond donors (Lipinski definition) is 1. The fourth-order valence-electron chi connectivity index (χ4n) is 2.44. The van der Waals surface area contributed by atoms with E-state index in [1.54, 1.807) is 14.2 Å². The lowest BCUT2D eigenvalue weighted by Crippen LogP contribution is -2.05. The van der Waals surface area contributed by atoms with Crippen molar-refractivity contribution in [1.29, 1.82) is 0 Å². The summed E-state index contributed by atoms with van der Waals surface area (Å²) in [7, 11) is 3.20. The Labute approximate surface area is 129 Å². The molecule has 0 aliphatic rings. The number of nitrogens with one attached hydrogen (secondary N) is 1. The Kier molecular flexibility index (Phi) is 4.32. The molecule has 112 valence electrons. The topological polar surface area (TPSA) is 47.1 Å². The van der Waals surface area contributed by atoms with Gasteiger partial charge >= 0.3 is 0 Å². The van der Waals surface area contributed by atoms with Gasteiger partial charge in [-0.05, 0) is 0 Å². The maximum atomic E-state index is 5.31. The van der Waals surface area contributed by atoms with Crippen LogP contribution in [0.25, 0.3) is 22.5 Å². The lowest BCUT2D eigenvalue weighted by atomic mass is 10.1. The molecule has 0 unspecified atom stereocenters. The minimum atomic E-state index is -0.514. The number of methoxy groups -OCH3 is 2. The van der Waals surface area contributed by atoms with Crippen LogP contribution in [-0.4, -0.2) is 24.2 Å². The average Bonchev–Trinajstić information content (AvgIpc) is 3.03. The second kappa shape index (κ2) is 6.56. The highest BCUT2D eigenvalue weighted by atomic mass is 16.7. The van der Waals surface area contributed by atoms with Crippen molar-refractivity contribution in [3.63, 3.8) is 0 Å². The van der Waals surface area contributed by atoms with Crippen molar-refractivity contribution in [3.8, 4) is 22.5 Å². The van der Waals surface area contributed by atoms with Crippen LogP contribution in [0, 0.1) is 0 Å². The summed E-state index contributed by atoms with van der Waals surface area (Å²) in [4.78, 5) is 8.03. The quantitative estimate of drug-likeness (QED) is 0.723. The second-order valence-electron chi connectivity index (χ2n) is 4.88. The summed E-state index contributed by atoms with van der Waals surface area (Å²) in [5.74, 6) is 0.655. The van der Waals surface area contributed by atoms with Crippen LogP contribution in [0.4, 0.5) is 0 Å². The van der Waals surface area contributed by atoms with Crippen LogP contribution in [0.3, 0.4) is 0 Å². The Balaban J connectivity index is 2.14. The maximum absolute atomic E-state index is 5.31. The first kappa shape index (κ1) is 14.5. The molecule has 2 aromatic carbocycles. The highest BCUT2D eigenvalue weighted by molar-refractivity contribution is 5.78. The van der Waals surface area contributed by atoms with Gasteiger partial charge in [0.05, 0.1) is 11.4 Å². The lowest BCUT2D eigenvalue weighted by molar-refractivity contribution is -0.111. The van der Waals surface area contributed by atoms with E-state index in [2.05, 4.69) is 17.1 Å². The van der Waals surface area contributed by atoms with Gasteiger partial charge in [0.15, 0.2) is 5.82 Å². The Morgan fingerprint density at radius 3 is 1.91 bits per heavy atom. The van der Waals surface area contributed by atoms with E-state index in [1.165, 1.54) is 0 Å². The van der Waals surface area contributed by atoms with Gasteiger partial charge in [0, 0.05) is 25.3 Å². The molecule has 0 aliphatic carbocycles. The molecule has 22 heavy (non-hydrogen) atoms. The summed E-state index contributed by atoms with van der Waals surface area (Å²) >= 11 is 0. The predicted molar refractivity (Wildman–Crippen MR) is 86.2 cm³/mol. The molecule has 1 heterocycles. The summed E-state index contributed by atoms with van der Waals surface area (Å²) < 4.78 is 10.6. The highest BCUT2D eigenvalue weighted by Gasteiger charge is 2.19. The zero-order valence-electron chi connectivity index (χ0n) is 12.6. The first-order valence-electron chi connectivity index (χ1n) is 7.10. The Bertz CT molecular complexity index is 662. The van der Waals surface area contributed by atoms with Crippen molar-refractivity contribution in [3.05, 3.63) is 66.5 Å². The maximum Gasteiger partial charge on any atom is 0.216 e. The molecule has 0 aliphatic heterocycles. The van der Waals surface area contributed by atoms with E-state index in [0.717, 1.165) is 22.5 Å². The Hall–Kier alpha value is -2.43. The van der Waals surface area contributed by atoms with Crippen LogP contribution in [0.2, 0.25) is 0 Å². The summed E-state index contributed by atoms with van der Waals surface area (Å²) in [6, 6.07) is 20.2. The summed E-state index contributed by atoms with van der Waals surface area (Å²) in [6.45, 7) is 0. The summed E-state index contributed by atoms with van der Waals surface area (Å²) in [6.07, 6.45) is -0.514. The molecule has 4 heteroatoms. The van der Waals surface area contributed by atoms with Crippen LogP contribution >= 0.6 is 0 Å². The van der Waals surface area contributed by atoms with E-state index in [-0.39, 0.29) is 0 Å². The fraction of sp³-hybridized carbons (Fsp3) is 0.167. The molecule has 0 radical (unpaired) electrons. The molecule has 3 aromatic rings. The van der Waals surface area contributed by atoms with E-state index in [9.17, 15) is 0 Å². The molecular formula is C18H18N2O2. The monoisotopic (exact) mass is 294 g/mol. The zero-order valence-corrected chi connectivity index (χ0v) is 12.6. The molecule has 0 bridgehead atoms. The van der Waals surface area contributed by atoms with Crippen molar-refractivity contribution in [2.45, 2.75) is 6.29 Å². The van der Waals surface area contributed by atoms with Crippen molar-refractivity contribution in [2.75, 3.05) is 14.2 Å². The molecule has 0 fully saturated rings. The smallest absolute Gasteiger partial charge is 0.216 e. The number of H-pyrrole nitrogens is 1. The molecule has 4 nitrogen and oxygen atoms in total. The Morgan fingerprint density at radius 1 is 0.818 bits per heavy atom. The van der Waals surface area contributed by atoms with Crippen molar-refractivity contribution >= 4 is 0 Å². The first-order chi connectivity index (χ1) is 10.8. The van der Waals surface area contributed by atoms with Crippen LogP contribution in [0.5, 0.6) is 0 Å². The normalized spacial score (nSPS) is 11.0. The number of nitrogens with zero attached hydrogens (tertiary/aromatic N) is 1. The fourth-order valence-corrected chi connectivity index (χ4v) is 2.44. The van der Waals surface area contributed by atoms with Crippen LogP contribution < -0.4 is 0 Å². The van der Waals surface area contributed by atoms with Crippen molar-refractivity contribution < 1.29 is 9.47 Å². The number of ether oxygens (including phenoxy) is 2. The van der Waals surface area contributed by atoms with Crippen molar-refractivity contribution in [1.82, 2.24) is 9.97 Å². The molecule has 0 saturated heterocycles. The van der Waals surface area contributed by atoms with Crippen molar-refractivity contribution in [2.24, 2.45) is 0 Å². The van der Waals surface area contributed by atoms with E-state index >= 15 is 0 Å². The first-order valence-corrected chi connectivity index (χ1v) is 7.10. The summed E-state index contributed by atoms with van der Waals surface area (Å²) in [5, 5.41) is 0. The molecule has 0 amide bonds. The number of benzene rings is 2. The number of rotatable bonds is 5. The van der Waals surface area contributed by atoms with Crippen LogP contribution in [0.1, 0.15) is 12.1 Å². The van der Waals surface area contributed by atoms with Crippen LogP contribution in [-0.2, 0) is 9.47 Å². The number of imidazole rings is 1. The third-order valence-electron chi connectivity index (χ3n) is 3.48. The minimum absolute atomic E-state index is 0.514. The van der Waals surface area contributed by atoms with Gasteiger partial charge in [-0.3, -0.25) is 0 Å². The van der Waals surface area contributed by atoms with E-state index in [0.29, 0.717) is 5.82 Å². The van der Waals surface area contributed by atoms with Gasteiger partial charge in [-0.25, -0.2) is 4.98 Å². The lowest BCUT2D eigenvalue weighted by Gasteiger charge is -2.09. The van der Waals surface area contributed by atoms with Gasteiger partial charge in [-0.1, -0.05) is 60.7 Å². The van der Waals surface area contributed by atoms with Gasteiger partial charge in [-0.15, -0.1) is 0 Å². The molecule has 0 saturated carbocycles. The van der Waals surface area contributed by atoms with E-state index in [1.807, 2.05) is 48.5 Å². The number of aromatic amines is 1. The molecule has 0 atom stereocenters. The van der Waals surface area contributed by atoms with Gasteiger partial charge in [0.2, 0.25) is 6.29 Å². The van der Waals surface area contributed by atoms with E-state index < -0.39 is 6.29 Å². The Morgan fingerprint density at radius 2 is 1.36 bits per heavy atom. The number of hydrogen-bond acceptors (Lipinski definition) is 3. The molecule has 1 N–H and O–H groups in total. The molecule has 3 rings (SSSR count). The third-order valence-corrected chi connectivity index (χ3v) is 3.48. The summed E-state index contributed by atoms with van der Waals surface area (Å²) in [5.41, 5.74) is 3.97. The van der Waals surface area contributed by atoms with E-state index in [4.69, 9.17) is 14.5 Å². The molecule has 1 aromatic heterocycles. The minimum Gasteiger partial charge on any atom is -0.349 e. The molecule has 0 spiro atoms. The molecular weight excluding hydrogens is 276 g/mol. The highest BCUT2D eigenvalue weighted by Crippen LogP contribution is 2.31. The zero-order chi connectivity index (χ0) is 15.4. The van der Waals surface area contributed by atoms with Gasteiger partial charge in [-0.2, -0.15) is 0 Å². The van der Waals surface area contributed by atoms with Crippen LogP contribution in [0.15, 0.2) is 60.7 Å². The average molecular weight is 294 g/mol. The largest absolute Gasteiger partial charge is 0.349 e. The standard InChI is InChI=1S/C18H18N2O2/c1-21-18(22-2)17-19-15(13-9-5-3-6-10-13)16(20-17)14-11-7-4-8-12-14/h3-12,18H,1-2H3,(H,19,20). The van der Waals surface area contributed by atoms with Gasteiger partial charge < -0.3 is 14.5 Å². The third kappa shape index (κ3) is 2.79. The van der Waals surface area contributed by atoms with Gasteiger partial charge in [0.1, 0.15) is 0 Å². The SMILES string of the molecule is COC(OC)c1nc(-c2ccccc2)c(-c2ccccc2)[nH]1. The predicted octanol–water partition coefficient (Wildman–Crippen LogP) is 4.04. The second-order valence-corrected chi connectivity index (χ2v) is 4.88. The number of aromatic nitrogens is 2. The van der Waals surface area contributed by atoms with Gasteiger partial charge in [0.25, 0.3) is 0 Å².